The molecule has 0 spiro atoms. The van der Waals surface area contributed by atoms with Crippen molar-refractivity contribution in [2.24, 2.45) is 46.3 Å². The van der Waals surface area contributed by atoms with Crippen LogP contribution in [0.1, 0.15) is 129 Å². The van der Waals surface area contributed by atoms with Gasteiger partial charge >= 0.3 is 0 Å². The molecule has 230 valence electrons. The summed E-state index contributed by atoms with van der Waals surface area (Å²) in [4.78, 5) is 31.4. The van der Waals surface area contributed by atoms with Gasteiger partial charge in [0.25, 0.3) is 0 Å². The van der Waals surface area contributed by atoms with Crippen LogP contribution in [-0.2, 0) is 9.59 Å². The van der Waals surface area contributed by atoms with Crippen LogP contribution in [0.5, 0.6) is 0 Å². The van der Waals surface area contributed by atoms with Gasteiger partial charge in [-0.15, -0.1) is 0 Å². The second-order valence-corrected chi connectivity index (χ2v) is 16.2. The summed E-state index contributed by atoms with van der Waals surface area (Å²) in [6, 6.07) is 0.395. The van der Waals surface area contributed by atoms with Crippen molar-refractivity contribution in [1.29, 1.82) is 0 Å². The van der Waals surface area contributed by atoms with Crippen LogP contribution in [0.25, 0.3) is 0 Å². The van der Waals surface area contributed by atoms with E-state index in [0.29, 0.717) is 53.9 Å². The molecule has 6 fully saturated rings. The molecular formula is C35H57N3O2S. The van der Waals surface area contributed by atoms with Gasteiger partial charge in [-0.2, -0.15) is 0 Å². The van der Waals surface area contributed by atoms with Crippen molar-refractivity contribution < 1.29 is 9.59 Å². The van der Waals surface area contributed by atoms with Crippen LogP contribution in [0.2, 0.25) is 0 Å². The lowest BCUT2D eigenvalue weighted by molar-refractivity contribution is -0.160. The molecule has 6 rings (SSSR count). The maximum absolute atomic E-state index is 14.7. The Labute approximate surface area is 255 Å². The molecule has 0 unspecified atom stereocenters. The Morgan fingerprint density at radius 2 is 1.51 bits per heavy atom. The van der Waals surface area contributed by atoms with Crippen molar-refractivity contribution in [3.63, 3.8) is 0 Å². The summed E-state index contributed by atoms with van der Waals surface area (Å²) in [7, 11) is 2.05. The van der Waals surface area contributed by atoms with Gasteiger partial charge in [-0.25, -0.2) is 0 Å². The number of nitrogens with zero attached hydrogens (tertiary/aromatic N) is 2. The lowest BCUT2D eigenvalue weighted by Gasteiger charge is -2.61. The Hall–Kier alpha value is -1.17. The van der Waals surface area contributed by atoms with Gasteiger partial charge in [0.2, 0.25) is 11.8 Å². The molecule has 6 aliphatic rings. The molecule has 1 aliphatic heterocycles. The lowest BCUT2D eigenvalue weighted by Crippen LogP contribution is -2.61. The van der Waals surface area contributed by atoms with E-state index in [1.165, 1.54) is 83.5 Å². The highest BCUT2D eigenvalue weighted by molar-refractivity contribution is 7.80. The number of thiocarbonyl (C=S) groups is 1. The Morgan fingerprint density at radius 3 is 2.22 bits per heavy atom. The quantitative estimate of drug-likeness (QED) is 0.344. The van der Waals surface area contributed by atoms with E-state index in [1.807, 2.05) is 7.05 Å². The minimum absolute atomic E-state index is 0.0711. The van der Waals surface area contributed by atoms with Gasteiger partial charge in [0.05, 0.1) is 0 Å². The number of hydrogen-bond acceptors (Lipinski definition) is 3. The molecule has 5 saturated carbocycles. The molecule has 0 aromatic heterocycles. The molecular weight excluding hydrogens is 526 g/mol. The van der Waals surface area contributed by atoms with E-state index < -0.39 is 0 Å². The van der Waals surface area contributed by atoms with E-state index in [2.05, 4.69) is 29.0 Å². The number of fused-ring (bicyclic) bond motifs is 5. The normalized spacial score (nSPS) is 39.9. The van der Waals surface area contributed by atoms with E-state index in [4.69, 9.17) is 12.2 Å². The Kier molecular flexibility index (Phi) is 8.80. The number of amides is 2. The molecule has 6 heteroatoms. The largest absolute Gasteiger partial charge is 0.362 e. The zero-order chi connectivity index (χ0) is 28.8. The number of nitrogens with one attached hydrogen (secondary N) is 1. The van der Waals surface area contributed by atoms with E-state index in [9.17, 15) is 9.59 Å². The predicted octanol–water partition coefficient (Wildman–Crippen LogP) is 7.33. The highest BCUT2D eigenvalue weighted by atomic mass is 32.1. The Bertz CT molecular complexity index is 990. The minimum atomic E-state index is 0.0711. The van der Waals surface area contributed by atoms with Crippen molar-refractivity contribution in [2.45, 2.75) is 135 Å². The predicted molar refractivity (Wildman–Crippen MR) is 169 cm³/mol. The van der Waals surface area contributed by atoms with Crippen molar-refractivity contribution in [3.05, 3.63) is 0 Å². The van der Waals surface area contributed by atoms with Gasteiger partial charge in [0.15, 0.2) is 5.11 Å². The fourth-order valence-corrected chi connectivity index (χ4v) is 11.6. The summed E-state index contributed by atoms with van der Waals surface area (Å²) < 4.78 is 0. The first-order chi connectivity index (χ1) is 19.7. The number of rotatable bonds is 5. The van der Waals surface area contributed by atoms with Crippen LogP contribution < -0.4 is 5.32 Å². The average molecular weight is 584 g/mol. The first kappa shape index (κ1) is 29.9. The van der Waals surface area contributed by atoms with Crippen LogP contribution >= 0.6 is 12.2 Å². The van der Waals surface area contributed by atoms with Crippen molar-refractivity contribution in [3.8, 4) is 0 Å². The smallest absolute Gasteiger partial charge is 0.232 e. The number of carbonyl (C=O) groups excluding carboxylic acids is 2. The zero-order valence-corrected chi connectivity index (χ0v) is 27.1. The van der Waals surface area contributed by atoms with Crippen LogP contribution in [-0.4, -0.2) is 52.9 Å². The molecule has 0 radical (unpaired) electrons. The van der Waals surface area contributed by atoms with Crippen LogP contribution in [0.15, 0.2) is 0 Å². The second-order valence-electron chi connectivity index (χ2n) is 15.8. The van der Waals surface area contributed by atoms with Crippen molar-refractivity contribution >= 4 is 29.1 Å². The lowest BCUT2D eigenvalue weighted by atomic mass is 9.47. The van der Waals surface area contributed by atoms with Gasteiger partial charge in [-0.3, -0.25) is 14.5 Å². The van der Waals surface area contributed by atoms with Crippen molar-refractivity contribution in [2.75, 3.05) is 20.1 Å². The van der Waals surface area contributed by atoms with E-state index >= 15 is 0 Å². The molecule has 0 aromatic rings. The fourth-order valence-electron chi connectivity index (χ4n) is 11.4. The molecule has 1 saturated heterocycles. The molecule has 2 amide bonds. The number of likely N-dealkylation sites (tertiary alicyclic amines) is 1. The SMILES string of the molecule is CN1C(=O)CC[C@]2(C)[C@H]3CC[C@]4(C)[C@@H](C(=O)N(CC5CCCCC5)C(=S)NCC5CCCCC5)CC[C@H]4[C@@H]3CC[C@@H]12. The first-order valence-corrected chi connectivity index (χ1v) is 18.0. The van der Waals surface area contributed by atoms with E-state index in [1.54, 1.807) is 0 Å². The van der Waals surface area contributed by atoms with Gasteiger partial charge in [0, 0.05) is 38.5 Å². The number of hydrogen-bond donors (Lipinski definition) is 1. The molecule has 5 nitrogen and oxygen atoms in total. The molecule has 1 heterocycles. The van der Waals surface area contributed by atoms with Gasteiger partial charge < -0.3 is 10.2 Å². The molecule has 1 N–H and O–H groups in total. The van der Waals surface area contributed by atoms with E-state index in [-0.39, 0.29) is 16.7 Å². The molecule has 41 heavy (non-hydrogen) atoms. The summed E-state index contributed by atoms with van der Waals surface area (Å²) in [5.41, 5.74) is 0.300. The fraction of sp³-hybridized carbons (Fsp3) is 0.914. The summed E-state index contributed by atoms with van der Waals surface area (Å²) in [6.45, 7) is 6.72. The van der Waals surface area contributed by atoms with Crippen LogP contribution in [0, 0.1) is 46.3 Å². The van der Waals surface area contributed by atoms with E-state index in [0.717, 1.165) is 43.9 Å². The maximum Gasteiger partial charge on any atom is 0.232 e. The summed E-state index contributed by atoms with van der Waals surface area (Å²) in [5.74, 6) is 4.04. The topological polar surface area (TPSA) is 52.7 Å². The minimum Gasteiger partial charge on any atom is -0.362 e. The van der Waals surface area contributed by atoms with Gasteiger partial charge in [-0.05, 0) is 123 Å². The third-order valence-corrected chi connectivity index (χ3v) is 14.2. The third kappa shape index (κ3) is 5.50. The Balaban J connectivity index is 1.18. The average Bonchev–Trinajstić information content (AvgIpc) is 3.35. The van der Waals surface area contributed by atoms with Gasteiger partial charge in [-0.1, -0.05) is 52.4 Å². The molecule has 0 bridgehead atoms. The highest BCUT2D eigenvalue weighted by Crippen LogP contribution is 2.66. The summed E-state index contributed by atoms with van der Waals surface area (Å²) in [5, 5.41) is 4.34. The zero-order valence-electron chi connectivity index (χ0n) is 26.3. The highest BCUT2D eigenvalue weighted by Gasteiger charge is 2.62. The monoisotopic (exact) mass is 583 g/mol. The third-order valence-electron chi connectivity index (χ3n) is 13.8. The maximum atomic E-state index is 14.7. The molecule has 5 aliphatic carbocycles. The van der Waals surface area contributed by atoms with Crippen molar-refractivity contribution in [1.82, 2.24) is 15.1 Å². The second kappa shape index (κ2) is 12.1. The number of carbonyl (C=O) groups is 2. The summed E-state index contributed by atoms with van der Waals surface area (Å²) in [6.07, 6.45) is 21.7. The van der Waals surface area contributed by atoms with Crippen LogP contribution in [0.4, 0.5) is 0 Å². The first-order valence-electron chi connectivity index (χ1n) is 17.6. The standard InChI is InChI=1S/C35H57N3O2S/c1-34-20-18-28-26(14-17-30-35(28,2)21-19-31(39)37(30)3)27(34)15-16-29(34)32(40)38(23-25-12-8-5-9-13-25)33(41)36-22-24-10-6-4-7-11-24/h24-30H,4-23H2,1-3H3,(H,36,41)/t26-,27-,28-,29+,30+,34-,35+/m0/s1. The van der Waals surface area contributed by atoms with Crippen LogP contribution in [0.3, 0.4) is 0 Å². The Morgan fingerprint density at radius 1 is 0.854 bits per heavy atom. The van der Waals surface area contributed by atoms with Gasteiger partial charge in [0.1, 0.15) is 0 Å². The molecule has 7 atom stereocenters. The molecule has 0 aromatic carbocycles. The number of piperidine rings is 1. The summed E-state index contributed by atoms with van der Waals surface area (Å²) >= 11 is 6.06.